The summed E-state index contributed by atoms with van der Waals surface area (Å²) >= 11 is -3.12. The van der Waals surface area contributed by atoms with Crippen molar-refractivity contribution in [2.75, 3.05) is 13.7 Å². The van der Waals surface area contributed by atoms with E-state index in [-0.39, 0.29) is 29.2 Å². The van der Waals surface area contributed by atoms with Crippen molar-refractivity contribution in [3.8, 4) is 0 Å². The molecule has 0 rings (SSSR count). The fraction of sp³-hybridized carbons (Fsp3) is 0.862. The van der Waals surface area contributed by atoms with Crippen molar-refractivity contribution in [2.24, 2.45) is 0 Å². The van der Waals surface area contributed by atoms with Crippen LogP contribution in [0.2, 0.25) is 31.4 Å². The molecule has 0 spiro atoms. The molecule has 36 heavy (non-hydrogen) atoms. The third-order valence-electron chi connectivity index (χ3n) is 7.87. The minimum absolute atomic E-state index is 0.0211. The maximum atomic E-state index is 13.3. The topological polar surface area (TPSA) is 64.6 Å². The van der Waals surface area contributed by atoms with Gasteiger partial charge in [-0.2, -0.15) is 0 Å². The number of hydrogen-bond donors (Lipinski definition) is 1. The number of methoxy groups -OCH3 is 1. The van der Waals surface area contributed by atoms with Crippen LogP contribution in [0.4, 0.5) is 4.79 Å². The summed E-state index contributed by atoms with van der Waals surface area (Å²) in [6.07, 6.45) is 8.61. The average Bonchev–Trinajstić information content (AvgIpc) is 2.74. The fourth-order valence-corrected chi connectivity index (χ4v) is 28.8. The number of nitrogens with one attached hydrogen (secondary N) is 1. The zero-order chi connectivity index (χ0) is 28.2. The van der Waals surface area contributed by atoms with Crippen LogP contribution in [0, 0.1) is 0 Å². The van der Waals surface area contributed by atoms with Crippen LogP contribution in [0.3, 0.4) is 0 Å². The Hall–Kier alpha value is -0.344. The quantitative estimate of drug-likeness (QED) is 0.137. The first-order chi connectivity index (χ1) is 16.5. The fourth-order valence-electron chi connectivity index (χ4n) is 4.76. The Balaban J connectivity index is 7.22. The zero-order valence-corrected chi connectivity index (χ0v) is 29.7. The van der Waals surface area contributed by atoms with Gasteiger partial charge in [0, 0.05) is 0 Å². The number of rotatable bonds is 16. The van der Waals surface area contributed by atoms with Gasteiger partial charge in [-0.05, 0) is 0 Å². The molecule has 1 atom stereocenters. The monoisotopic (exact) mass is 633 g/mol. The van der Waals surface area contributed by atoms with Gasteiger partial charge in [0.25, 0.3) is 0 Å². The van der Waals surface area contributed by atoms with Crippen LogP contribution in [0.1, 0.15) is 101 Å². The van der Waals surface area contributed by atoms with Crippen LogP contribution in [0.25, 0.3) is 0 Å². The Labute approximate surface area is 228 Å². The number of alkyl carbamates (subject to hydrolysis) is 1. The summed E-state index contributed by atoms with van der Waals surface area (Å²) in [7, 11) is -0.593. The van der Waals surface area contributed by atoms with Crippen molar-refractivity contribution in [1.29, 1.82) is 0 Å². The number of ether oxygens (including phenoxy) is 2. The Morgan fingerprint density at radius 2 is 1.33 bits per heavy atom. The SMILES string of the molecule is CCC[CH2][Sn]([CH2]CCC)([CH2]CCC)/[C](=C/C(=O)COC)[C@@H](NC(=O)OC(C)(C)C)[Si](C)(C)C(C)(C)C. The average molecular weight is 633 g/mol. The van der Waals surface area contributed by atoms with Gasteiger partial charge in [0.05, 0.1) is 0 Å². The summed E-state index contributed by atoms with van der Waals surface area (Å²) in [6, 6.07) is 0. The van der Waals surface area contributed by atoms with Crippen LogP contribution in [0.5, 0.6) is 0 Å². The molecule has 1 N–H and O–H groups in total. The van der Waals surface area contributed by atoms with Crippen molar-refractivity contribution in [2.45, 2.75) is 144 Å². The molecule has 0 heterocycles. The van der Waals surface area contributed by atoms with Gasteiger partial charge in [0.15, 0.2) is 0 Å². The van der Waals surface area contributed by atoms with E-state index >= 15 is 0 Å². The Morgan fingerprint density at radius 1 is 0.889 bits per heavy atom. The van der Waals surface area contributed by atoms with E-state index in [1.165, 1.54) is 36.2 Å². The molecular formula is C29H59NO4SiSn. The van der Waals surface area contributed by atoms with E-state index in [1.54, 1.807) is 7.11 Å². The maximum absolute atomic E-state index is 13.3. The van der Waals surface area contributed by atoms with E-state index in [9.17, 15) is 9.59 Å². The van der Waals surface area contributed by atoms with E-state index in [2.05, 4.69) is 60.0 Å². The van der Waals surface area contributed by atoms with E-state index in [4.69, 9.17) is 9.47 Å². The molecule has 0 bridgehead atoms. The van der Waals surface area contributed by atoms with E-state index in [1.807, 2.05) is 26.8 Å². The number of carbonyl (C=O) groups is 2. The summed E-state index contributed by atoms with van der Waals surface area (Å²) in [5, 5.41) is 3.42. The van der Waals surface area contributed by atoms with Crippen LogP contribution >= 0.6 is 0 Å². The molecule has 212 valence electrons. The Morgan fingerprint density at radius 3 is 1.67 bits per heavy atom. The second-order valence-corrected chi connectivity index (χ2v) is 31.9. The molecule has 5 nitrogen and oxygen atoms in total. The molecule has 7 heteroatoms. The molecule has 1 amide bonds. The summed E-state index contributed by atoms with van der Waals surface area (Å²) in [6.45, 7) is 24.2. The minimum atomic E-state index is -3.12. The molecule has 0 radical (unpaired) electrons. The molecular weight excluding hydrogens is 573 g/mol. The summed E-state index contributed by atoms with van der Waals surface area (Å²) in [5.41, 5.74) is -0.709. The van der Waals surface area contributed by atoms with Crippen molar-refractivity contribution in [3.05, 3.63) is 9.67 Å². The van der Waals surface area contributed by atoms with Crippen LogP contribution in [-0.4, -0.2) is 63.3 Å². The predicted molar refractivity (Wildman–Crippen MR) is 160 cm³/mol. The van der Waals surface area contributed by atoms with Gasteiger partial charge < -0.3 is 0 Å². The third kappa shape index (κ3) is 11.6. The normalized spacial score (nSPS) is 14.5. The van der Waals surface area contributed by atoms with Gasteiger partial charge in [-0.1, -0.05) is 0 Å². The van der Waals surface area contributed by atoms with Gasteiger partial charge in [-0.25, -0.2) is 0 Å². The van der Waals surface area contributed by atoms with E-state index in [0.29, 0.717) is 0 Å². The molecule has 0 saturated carbocycles. The Kier molecular flexibility index (Phi) is 15.8. The van der Waals surface area contributed by atoms with Gasteiger partial charge in [-0.3, -0.25) is 0 Å². The Bertz CT molecular complexity index is 685. The number of carbonyl (C=O) groups excluding carboxylic acids is 2. The standard InChI is InChI=1S/C17H32NO4Si.3C4H9.Sn/c1-16(2,3)22-15(20)18-14(11-10-13(19)12-21-7)23(8,9)17(4,5)6;3*1-3-4-2;/h10,14H,12H2,1-9H3,(H,18,20);3*1,3-4H2,2H3;/t14-;;;;/m0..../s1. The molecule has 0 fully saturated rings. The van der Waals surface area contributed by atoms with E-state index < -0.39 is 32.1 Å². The second kappa shape index (κ2) is 15.9. The van der Waals surface area contributed by atoms with Crippen LogP contribution < -0.4 is 5.32 Å². The van der Waals surface area contributed by atoms with Gasteiger partial charge in [-0.15, -0.1) is 0 Å². The molecule has 0 aliphatic rings. The third-order valence-corrected chi connectivity index (χ3v) is 30.4. The van der Waals surface area contributed by atoms with Gasteiger partial charge in [0.1, 0.15) is 0 Å². The number of hydrogen-bond acceptors (Lipinski definition) is 4. The first-order valence-corrected chi connectivity index (χ1v) is 24.8. The molecule has 0 aromatic carbocycles. The summed E-state index contributed by atoms with van der Waals surface area (Å²) < 4.78 is 16.1. The van der Waals surface area contributed by atoms with Gasteiger partial charge in [0.2, 0.25) is 0 Å². The van der Waals surface area contributed by atoms with Crippen molar-refractivity contribution in [1.82, 2.24) is 5.32 Å². The first kappa shape index (κ1) is 35.7. The molecule has 0 aromatic rings. The second-order valence-electron chi connectivity index (χ2n) is 13.1. The summed E-state index contributed by atoms with van der Waals surface area (Å²) in [5.74, 6) is 0.0211. The number of unbranched alkanes of at least 4 members (excludes halogenated alkanes) is 3. The predicted octanol–water partition coefficient (Wildman–Crippen LogP) is 8.46. The summed E-state index contributed by atoms with van der Waals surface area (Å²) in [4.78, 5) is 26.5. The van der Waals surface area contributed by atoms with Crippen LogP contribution in [-0.2, 0) is 14.3 Å². The molecule has 0 aliphatic heterocycles. The van der Waals surface area contributed by atoms with E-state index in [0.717, 1.165) is 19.3 Å². The molecule has 0 aliphatic carbocycles. The number of amides is 1. The number of ketones is 1. The van der Waals surface area contributed by atoms with Gasteiger partial charge >= 0.3 is 230 Å². The molecule has 0 aromatic heterocycles. The van der Waals surface area contributed by atoms with Crippen molar-refractivity contribution in [3.63, 3.8) is 0 Å². The zero-order valence-electron chi connectivity index (χ0n) is 25.9. The van der Waals surface area contributed by atoms with Crippen LogP contribution in [0.15, 0.2) is 9.67 Å². The molecule has 0 unspecified atom stereocenters. The van der Waals surface area contributed by atoms with Crippen molar-refractivity contribution < 1.29 is 19.1 Å². The van der Waals surface area contributed by atoms with Crippen molar-refractivity contribution >= 4 is 38.3 Å². The molecule has 0 saturated heterocycles. The first-order valence-electron chi connectivity index (χ1n) is 14.2.